The lowest BCUT2D eigenvalue weighted by Crippen LogP contribution is -2.51. The second kappa shape index (κ2) is 6.16. The van der Waals surface area contributed by atoms with Crippen LogP contribution in [0.2, 0.25) is 0 Å². The summed E-state index contributed by atoms with van der Waals surface area (Å²) in [4.78, 5) is 23.3. The molecule has 0 aliphatic carbocycles. The van der Waals surface area contributed by atoms with E-state index in [-0.39, 0.29) is 0 Å². The van der Waals surface area contributed by atoms with Crippen LogP contribution in [-0.4, -0.2) is 49.1 Å². The monoisotopic (exact) mass is 284 g/mol. The maximum atomic E-state index is 12.5. The number of esters is 1. The molecule has 9 heteroatoms. The largest absolute Gasteiger partial charge is 0.497 e. The molecule has 0 N–H and O–H groups in total. The van der Waals surface area contributed by atoms with Crippen LogP contribution in [0.1, 0.15) is 27.7 Å². The number of hydrogen-bond acceptors (Lipinski definition) is 4. The number of carbonyl (C=O) groups excluding carboxylic acids is 2. The molecule has 19 heavy (non-hydrogen) atoms. The summed E-state index contributed by atoms with van der Waals surface area (Å²) in [6, 6.07) is -1.37. The number of methoxy groups -OCH3 is 1. The highest BCUT2D eigenvalue weighted by Gasteiger charge is 2.36. The van der Waals surface area contributed by atoms with Gasteiger partial charge in [-0.1, -0.05) is 0 Å². The number of amides is 1. The van der Waals surface area contributed by atoms with Gasteiger partial charge < -0.3 is 27.3 Å². The number of nitrogens with zero attached hydrogens (tertiary/aromatic N) is 1. The van der Waals surface area contributed by atoms with Crippen molar-refractivity contribution in [2.24, 2.45) is 0 Å². The van der Waals surface area contributed by atoms with Crippen LogP contribution in [0.15, 0.2) is 0 Å². The van der Waals surface area contributed by atoms with E-state index in [1.165, 1.54) is 20.8 Å². The highest BCUT2D eigenvalue weighted by atomic mass is 19.4. The lowest BCUT2D eigenvalue weighted by atomic mass is 9.90. The quantitative estimate of drug-likeness (QED) is 0.586. The Morgan fingerprint density at radius 3 is 2.05 bits per heavy atom. The van der Waals surface area contributed by atoms with Gasteiger partial charge in [0.15, 0.2) is 0 Å². The van der Waals surface area contributed by atoms with E-state index >= 15 is 0 Å². The van der Waals surface area contributed by atoms with Crippen LogP contribution in [0.3, 0.4) is 0 Å². The fraction of sp³-hybridized carbons (Fsp3) is 0.800. The summed E-state index contributed by atoms with van der Waals surface area (Å²) in [5, 5.41) is 0. The fourth-order valence-electron chi connectivity index (χ4n) is 1.23. The van der Waals surface area contributed by atoms with Crippen molar-refractivity contribution in [3.05, 3.63) is 0 Å². The number of rotatable bonds is 4. The molecule has 0 bridgehead atoms. The molecule has 0 aromatic heterocycles. The zero-order valence-corrected chi connectivity index (χ0v) is 11.6. The van der Waals surface area contributed by atoms with Gasteiger partial charge in [-0.25, -0.2) is 9.59 Å². The molecule has 0 saturated carbocycles. The molecule has 112 valence electrons. The van der Waals surface area contributed by atoms with Gasteiger partial charge in [0.2, 0.25) is 0 Å². The minimum Gasteiger partial charge on any atom is -0.467 e. The van der Waals surface area contributed by atoms with E-state index in [1.807, 2.05) is 0 Å². The van der Waals surface area contributed by atoms with E-state index in [2.05, 4.69) is 4.74 Å². The van der Waals surface area contributed by atoms with Crippen LogP contribution in [0, 0.1) is 0 Å². The van der Waals surface area contributed by atoms with Crippen LogP contribution in [0.5, 0.6) is 0 Å². The normalized spacial score (nSPS) is 13.7. The van der Waals surface area contributed by atoms with E-state index < -0.39 is 37.1 Å². The van der Waals surface area contributed by atoms with Gasteiger partial charge in [0, 0.05) is 0 Å². The molecule has 0 aliphatic rings. The minimum absolute atomic E-state index is 0.317. The first kappa shape index (κ1) is 17.6. The van der Waals surface area contributed by atoms with Crippen molar-refractivity contribution < 1.29 is 32.0 Å². The fourth-order valence-corrected chi connectivity index (χ4v) is 1.23. The first-order valence-corrected chi connectivity index (χ1v) is 5.66. The van der Waals surface area contributed by atoms with Gasteiger partial charge in [-0.15, -0.1) is 0 Å². The lowest BCUT2D eigenvalue weighted by molar-refractivity contribution is -0.145. The minimum atomic E-state index is -5.28. The number of halogens is 3. The van der Waals surface area contributed by atoms with Gasteiger partial charge in [0.25, 0.3) is 0 Å². The zero-order valence-electron chi connectivity index (χ0n) is 11.6. The Morgan fingerprint density at radius 2 is 1.74 bits per heavy atom. The summed E-state index contributed by atoms with van der Waals surface area (Å²) in [5.41, 5.74) is -0.955. The molecule has 0 unspecified atom stereocenters. The van der Waals surface area contributed by atoms with Crippen LogP contribution >= 0.6 is 0 Å². The molecule has 0 radical (unpaired) electrons. The van der Waals surface area contributed by atoms with E-state index in [0.29, 0.717) is 4.90 Å². The van der Waals surface area contributed by atoms with Crippen molar-refractivity contribution in [2.75, 3.05) is 13.6 Å². The predicted molar refractivity (Wildman–Crippen MR) is 63.5 cm³/mol. The molecule has 0 aromatic rings. The second-order valence-corrected chi connectivity index (χ2v) is 5.04. The summed E-state index contributed by atoms with van der Waals surface area (Å²) in [7, 11) is 1.03. The third-order valence-electron chi connectivity index (χ3n) is 2.04. The summed E-state index contributed by atoms with van der Waals surface area (Å²) < 4.78 is 46.7. The first-order chi connectivity index (χ1) is 8.37. The molecule has 0 rings (SSSR count). The molecule has 0 aliphatic heterocycles. The first-order valence-electron chi connectivity index (χ1n) is 5.66. The number of ether oxygens (including phenoxy) is 2. The van der Waals surface area contributed by atoms with E-state index in [4.69, 9.17) is 4.74 Å². The predicted octanol–water partition coefficient (Wildman–Crippen LogP) is 2.17. The van der Waals surface area contributed by atoms with Crippen molar-refractivity contribution in [3.63, 3.8) is 0 Å². The maximum absolute atomic E-state index is 12.5. The van der Waals surface area contributed by atoms with Gasteiger partial charge in [0.1, 0.15) is 11.6 Å². The molecule has 0 fully saturated rings. The average Bonchev–Trinajstić information content (AvgIpc) is 2.20. The molecule has 0 spiro atoms. The molecule has 5 nitrogen and oxygen atoms in total. The smallest absolute Gasteiger partial charge is 0.467 e. The topological polar surface area (TPSA) is 55.8 Å². The average molecular weight is 284 g/mol. The van der Waals surface area contributed by atoms with Gasteiger partial charge in [-0.3, -0.25) is 0 Å². The Balaban J connectivity index is 5.06. The van der Waals surface area contributed by atoms with Gasteiger partial charge in [-0.2, -0.15) is 0 Å². The van der Waals surface area contributed by atoms with Crippen LogP contribution in [0.4, 0.5) is 17.7 Å². The van der Waals surface area contributed by atoms with E-state index in [9.17, 15) is 22.5 Å². The standard InChI is InChI=1S/C10H18BF3NO4/c1-7(8(16)18-5)15(6-11(12,13)14)9(17)19-10(2,3)4/h7H,6H2,1-5H3/q-1/t7-/m0/s1. The van der Waals surface area contributed by atoms with Crippen molar-refractivity contribution in [2.45, 2.75) is 39.3 Å². The van der Waals surface area contributed by atoms with Gasteiger partial charge in [-0.05, 0) is 34.1 Å². The van der Waals surface area contributed by atoms with Crippen molar-refractivity contribution in [1.82, 2.24) is 4.90 Å². The van der Waals surface area contributed by atoms with E-state index in [1.54, 1.807) is 0 Å². The molecular formula is C10H18BF3NO4-. The van der Waals surface area contributed by atoms with Crippen LogP contribution in [0.25, 0.3) is 0 Å². The molecule has 0 aromatic carbocycles. The van der Waals surface area contributed by atoms with Crippen molar-refractivity contribution >= 4 is 19.0 Å². The third-order valence-corrected chi connectivity index (χ3v) is 2.04. The molecule has 0 heterocycles. The molecule has 0 saturated heterocycles. The van der Waals surface area contributed by atoms with Crippen molar-refractivity contribution in [1.29, 1.82) is 0 Å². The highest BCUT2D eigenvalue weighted by molar-refractivity contribution is 6.58. The number of carbonyl (C=O) groups is 2. The van der Waals surface area contributed by atoms with Gasteiger partial charge >= 0.3 is 19.0 Å². The third kappa shape index (κ3) is 6.92. The molecule has 1 amide bonds. The zero-order chi connectivity index (χ0) is 15.4. The Hall–Kier alpha value is -1.41. The summed E-state index contributed by atoms with van der Waals surface area (Å²) in [5.74, 6) is -0.939. The Bertz CT molecular complexity index is 341. The SMILES string of the molecule is COC(=O)[C@H](C)N(C[B-](F)(F)F)C(=O)OC(C)(C)C. The maximum Gasteiger partial charge on any atom is 0.497 e. The lowest BCUT2D eigenvalue weighted by Gasteiger charge is -2.33. The Labute approximate surface area is 110 Å². The summed E-state index contributed by atoms with van der Waals surface area (Å²) in [6.07, 6.45) is -2.73. The summed E-state index contributed by atoms with van der Waals surface area (Å²) >= 11 is 0. The summed E-state index contributed by atoms with van der Waals surface area (Å²) in [6.45, 7) is 0.426. The number of hydrogen-bond donors (Lipinski definition) is 0. The molecule has 1 atom stereocenters. The highest BCUT2D eigenvalue weighted by Crippen LogP contribution is 2.17. The Kier molecular flexibility index (Phi) is 5.71. The Morgan fingerprint density at radius 1 is 1.26 bits per heavy atom. The van der Waals surface area contributed by atoms with Crippen molar-refractivity contribution in [3.8, 4) is 0 Å². The van der Waals surface area contributed by atoms with Gasteiger partial charge in [0.05, 0.1) is 7.11 Å². The molecular weight excluding hydrogens is 266 g/mol. The van der Waals surface area contributed by atoms with Crippen LogP contribution in [-0.2, 0) is 14.3 Å². The van der Waals surface area contributed by atoms with Crippen LogP contribution < -0.4 is 0 Å². The second-order valence-electron chi connectivity index (χ2n) is 5.04. The van der Waals surface area contributed by atoms with E-state index in [0.717, 1.165) is 14.0 Å².